The summed E-state index contributed by atoms with van der Waals surface area (Å²) in [5.41, 5.74) is 0.721. The third kappa shape index (κ3) is 2.38. The summed E-state index contributed by atoms with van der Waals surface area (Å²) in [6.45, 7) is 1.35. The number of carbonyl (C=O) groups is 1. The number of anilines is 1. The van der Waals surface area contributed by atoms with Crippen molar-refractivity contribution in [2.45, 2.75) is 44.9 Å². The van der Waals surface area contributed by atoms with E-state index in [-0.39, 0.29) is 11.3 Å². The summed E-state index contributed by atoms with van der Waals surface area (Å²) in [5.74, 6) is 4.11. The summed E-state index contributed by atoms with van der Waals surface area (Å²) in [6.07, 6.45) is 8.24. The predicted octanol–water partition coefficient (Wildman–Crippen LogP) is 4.00. The standard InChI is InChI=1S/C20H25NO3/c22-19(20-10-13-6-14(11-20)8-15(7-13)12-20)21-16-2-3-17-18(9-16)24-5-1-4-23-17/h2-3,9,13-15H,1,4-8,10-12H2,(H,21,22). The molecule has 0 atom stereocenters. The van der Waals surface area contributed by atoms with E-state index >= 15 is 0 Å². The van der Waals surface area contributed by atoms with Crippen molar-refractivity contribution in [3.05, 3.63) is 18.2 Å². The zero-order valence-corrected chi connectivity index (χ0v) is 14.1. The molecule has 1 N–H and O–H groups in total. The molecule has 0 unspecified atom stereocenters. The van der Waals surface area contributed by atoms with E-state index in [1.54, 1.807) is 0 Å². The molecule has 4 fully saturated rings. The molecule has 1 aromatic carbocycles. The Balaban J connectivity index is 1.36. The van der Waals surface area contributed by atoms with Crippen molar-refractivity contribution in [1.29, 1.82) is 0 Å². The average molecular weight is 327 g/mol. The first kappa shape index (κ1) is 14.6. The Morgan fingerprint density at radius 3 is 2.25 bits per heavy atom. The van der Waals surface area contributed by atoms with Crippen molar-refractivity contribution in [2.75, 3.05) is 18.5 Å². The van der Waals surface area contributed by atoms with Crippen LogP contribution in [0.15, 0.2) is 18.2 Å². The average Bonchev–Trinajstić information content (AvgIpc) is 2.78. The summed E-state index contributed by atoms with van der Waals surface area (Å²) >= 11 is 0. The highest BCUT2D eigenvalue weighted by atomic mass is 16.5. The van der Waals surface area contributed by atoms with Crippen LogP contribution in [0.3, 0.4) is 0 Å². The molecule has 1 aliphatic heterocycles. The Kier molecular flexibility index (Phi) is 3.29. The maximum absolute atomic E-state index is 13.1. The first-order chi connectivity index (χ1) is 11.7. The van der Waals surface area contributed by atoms with Crippen LogP contribution in [0.5, 0.6) is 11.5 Å². The molecule has 1 heterocycles. The fourth-order valence-electron chi connectivity index (χ4n) is 5.89. The fraction of sp³-hybridized carbons (Fsp3) is 0.650. The van der Waals surface area contributed by atoms with E-state index in [1.165, 1.54) is 19.3 Å². The second-order valence-electron chi connectivity index (χ2n) is 8.36. The number of ether oxygens (including phenoxy) is 2. The monoisotopic (exact) mass is 327 g/mol. The Labute approximate surface area is 142 Å². The lowest BCUT2D eigenvalue weighted by Crippen LogP contribution is -2.51. The zero-order chi connectivity index (χ0) is 16.1. The molecule has 4 saturated carbocycles. The second-order valence-corrected chi connectivity index (χ2v) is 8.36. The molecule has 24 heavy (non-hydrogen) atoms. The van der Waals surface area contributed by atoms with E-state index in [2.05, 4.69) is 5.32 Å². The lowest BCUT2D eigenvalue weighted by Gasteiger charge is -2.55. The van der Waals surface area contributed by atoms with E-state index in [9.17, 15) is 4.79 Å². The van der Waals surface area contributed by atoms with Gasteiger partial charge in [0.15, 0.2) is 11.5 Å². The summed E-state index contributed by atoms with van der Waals surface area (Å²) in [6, 6.07) is 5.76. The third-order valence-electron chi connectivity index (χ3n) is 6.53. The van der Waals surface area contributed by atoms with Crippen LogP contribution < -0.4 is 14.8 Å². The molecule has 0 aromatic heterocycles. The SMILES string of the molecule is O=C(Nc1ccc2c(c1)OCCCO2)C12CC3CC(CC(C3)C1)C2. The number of benzene rings is 1. The highest BCUT2D eigenvalue weighted by molar-refractivity contribution is 5.96. The third-order valence-corrected chi connectivity index (χ3v) is 6.53. The molecule has 4 aliphatic carbocycles. The van der Waals surface area contributed by atoms with Gasteiger partial charge in [0, 0.05) is 18.2 Å². The van der Waals surface area contributed by atoms with Gasteiger partial charge in [0.05, 0.1) is 18.6 Å². The number of hydrogen-bond donors (Lipinski definition) is 1. The van der Waals surface area contributed by atoms with Crippen LogP contribution in [0.1, 0.15) is 44.9 Å². The molecular weight excluding hydrogens is 302 g/mol. The van der Waals surface area contributed by atoms with Crippen LogP contribution in [0, 0.1) is 23.2 Å². The van der Waals surface area contributed by atoms with Crippen LogP contribution in [-0.2, 0) is 4.79 Å². The van der Waals surface area contributed by atoms with Gasteiger partial charge in [-0.25, -0.2) is 0 Å². The van der Waals surface area contributed by atoms with E-state index in [1.807, 2.05) is 18.2 Å². The number of hydrogen-bond acceptors (Lipinski definition) is 3. The molecule has 4 nitrogen and oxygen atoms in total. The molecular formula is C20H25NO3. The highest BCUT2D eigenvalue weighted by Gasteiger charge is 2.54. The molecule has 0 saturated heterocycles. The molecule has 128 valence electrons. The lowest BCUT2D eigenvalue weighted by atomic mass is 9.49. The van der Waals surface area contributed by atoms with Gasteiger partial charge in [0.2, 0.25) is 5.91 Å². The summed E-state index contributed by atoms with van der Waals surface area (Å²) in [4.78, 5) is 13.1. The van der Waals surface area contributed by atoms with Gasteiger partial charge in [-0.15, -0.1) is 0 Å². The van der Waals surface area contributed by atoms with Crippen molar-refractivity contribution in [3.8, 4) is 11.5 Å². The predicted molar refractivity (Wildman–Crippen MR) is 91.3 cm³/mol. The van der Waals surface area contributed by atoms with Crippen LogP contribution in [0.2, 0.25) is 0 Å². The van der Waals surface area contributed by atoms with E-state index < -0.39 is 0 Å². The van der Waals surface area contributed by atoms with E-state index in [0.717, 1.165) is 60.6 Å². The topological polar surface area (TPSA) is 47.6 Å². The Bertz CT molecular complexity index is 634. The van der Waals surface area contributed by atoms with Gasteiger partial charge in [0.1, 0.15) is 0 Å². The van der Waals surface area contributed by atoms with Crippen LogP contribution in [-0.4, -0.2) is 19.1 Å². The molecule has 4 bridgehead atoms. The maximum Gasteiger partial charge on any atom is 0.230 e. The van der Waals surface area contributed by atoms with Crippen LogP contribution in [0.4, 0.5) is 5.69 Å². The highest BCUT2D eigenvalue weighted by Crippen LogP contribution is 2.60. The van der Waals surface area contributed by atoms with Crippen LogP contribution >= 0.6 is 0 Å². The summed E-state index contributed by atoms with van der Waals surface area (Å²) in [5, 5.41) is 3.19. The quantitative estimate of drug-likeness (QED) is 0.893. The molecule has 0 radical (unpaired) electrons. The van der Waals surface area contributed by atoms with Gasteiger partial charge >= 0.3 is 0 Å². The number of amides is 1. The first-order valence-corrected chi connectivity index (χ1v) is 9.41. The number of fused-ring (bicyclic) bond motifs is 1. The van der Waals surface area contributed by atoms with Crippen molar-refractivity contribution in [3.63, 3.8) is 0 Å². The summed E-state index contributed by atoms with van der Waals surface area (Å²) in [7, 11) is 0. The number of nitrogens with one attached hydrogen (secondary N) is 1. The molecule has 5 aliphatic rings. The van der Waals surface area contributed by atoms with Crippen molar-refractivity contribution < 1.29 is 14.3 Å². The molecule has 1 amide bonds. The molecule has 0 spiro atoms. The van der Waals surface area contributed by atoms with Crippen molar-refractivity contribution in [2.24, 2.45) is 23.2 Å². The van der Waals surface area contributed by atoms with Gasteiger partial charge in [-0.3, -0.25) is 4.79 Å². The molecule has 4 heteroatoms. The van der Waals surface area contributed by atoms with E-state index in [0.29, 0.717) is 13.2 Å². The smallest absolute Gasteiger partial charge is 0.230 e. The van der Waals surface area contributed by atoms with Gasteiger partial charge < -0.3 is 14.8 Å². The van der Waals surface area contributed by atoms with Crippen molar-refractivity contribution >= 4 is 11.6 Å². The second kappa shape index (κ2) is 5.40. The fourth-order valence-corrected chi connectivity index (χ4v) is 5.89. The Hall–Kier alpha value is -1.71. The molecule has 1 aromatic rings. The zero-order valence-electron chi connectivity index (χ0n) is 14.1. The van der Waals surface area contributed by atoms with Gasteiger partial charge in [-0.05, 0) is 68.4 Å². The lowest BCUT2D eigenvalue weighted by molar-refractivity contribution is -0.140. The minimum Gasteiger partial charge on any atom is -0.490 e. The normalized spacial score (nSPS) is 36.2. The van der Waals surface area contributed by atoms with Crippen LogP contribution in [0.25, 0.3) is 0 Å². The first-order valence-electron chi connectivity index (χ1n) is 9.41. The minimum absolute atomic E-state index is 0.112. The Morgan fingerprint density at radius 1 is 0.958 bits per heavy atom. The van der Waals surface area contributed by atoms with Gasteiger partial charge in [0.25, 0.3) is 0 Å². The number of rotatable bonds is 2. The minimum atomic E-state index is -0.112. The maximum atomic E-state index is 13.1. The summed E-state index contributed by atoms with van der Waals surface area (Å²) < 4.78 is 11.4. The van der Waals surface area contributed by atoms with E-state index in [4.69, 9.17) is 9.47 Å². The van der Waals surface area contributed by atoms with Gasteiger partial charge in [-0.1, -0.05) is 0 Å². The van der Waals surface area contributed by atoms with Crippen molar-refractivity contribution in [1.82, 2.24) is 0 Å². The largest absolute Gasteiger partial charge is 0.490 e. The molecule has 6 rings (SSSR count). The van der Waals surface area contributed by atoms with Gasteiger partial charge in [-0.2, -0.15) is 0 Å². The Morgan fingerprint density at radius 2 is 1.58 bits per heavy atom. The number of carbonyl (C=O) groups excluding carboxylic acids is 1.